The molecule has 0 aliphatic heterocycles. The number of methoxy groups -OCH3 is 2. The quantitative estimate of drug-likeness (QED) is 0.691. The zero-order valence-corrected chi connectivity index (χ0v) is 16.0. The van der Waals surface area contributed by atoms with E-state index in [1.165, 1.54) is 24.1 Å². The highest BCUT2D eigenvalue weighted by Crippen LogP contribution is 2.25. The monoisotopic (exact) mass is 373 g/mol. The van der Waals surface area contributed by atoms with E-state index in [-0.39, 0.29) is 24.6 Å². The first-order chi connectivity index (χ1) is 12.9. The van der Waals surface area contributed by atoms with Gasteiger partial charge in [-0.3, -0.25) is 9.59 Å². The molecule has 0 saturated heterocycles. The molecule has 0 fully saturated rings. The molecule has 0 unspecified atom stereocenters. The molecule has 0 aromatic heterocycles. The fourth-order valence-electron chi connectivity index (χ4n) is 2.71. The van der Waals surface area contributed by atoms with Crippen LogP contribution >= 0.6 is 0 Å². The first-order valence-electron chi connectivity index (χ1n) is 8.69. The maximum absolute atomic E-state index is 14.7. The number of hydrogen-bond donors (Lipinski definition) is 0. The number of carbonyl (C=O) groups excluding carboxylic acids is 2. The number of amides is 1. The average molecular weight is 373 g/mol. The maximum Gasteiger partial charge on any atom is 0.307 e. The molecule has 6 heteroatoms. The summed E-state index contributed by atoms with van der Waals surface area (Å²) in [7, 11) is 2.87. The number of nitrogens with zero attached hydrogens (tertiary/aromatic N) is 1. The predicted octanol–water partition coefficient (Wildman–Crippen LogP) is 3.92. The van der Waals surface area contributed by atoms with Gasteiger partial charge in [-0.05, 0) is 49.2 Å². The van der Waals surface area contributed by atoms with Gasteiger partial charge in [-0.15, -0.1) is 0 Å². The number of benzene rings is 2. The third-order valence-corrected chi connectivity index (χ3v) is 4.29. The molecule has 1 amide bonds. The Bertz CT molecular complexity index is 802. The van der Waals surface area contributed by atoms with Crippen LogP contribution in [-0.4, -0.2) is 43.6 Å². The number of esters is 1. The van der Waals surface area contributed by atoms with E-state index >= 15 is 0 Å². The van der Waals surface area contributed by atoms with Crippen LogP contribution in [0.2, 0.25) is 0 Å². The van der Waals surface area contributed by atoms with Crippen LogP contribution in [0.25, 0.3) is 11.1 Å². The molecule has 0 heterocycles. The topological polar surface area (TPSA) is 55.8 Å². The van der Waals surface area contributed by atoms with Crippen LogP contribution in [0.5, 0.6) is 5.75 Å². The van der Waals surface area contributed by atoms with E-state index in [2.05, 4.69) is 4.74 Å². The van der Waals surface area contributed by atoms with Crippen molar-refractivity contribution in [3.63, 3.8) is 0 Å². The fourth-order valence-corrected chi connectivity index (χ4v) is 2.71. The largest absolute Gasteiger partial charge is 0.497 e. The molecular formula is C21H24FNO4. The molecule has 0 saturated carbocycles. The van der Waals surface area contributed by atoms with Crippen molar-refractivity contribution in [2.45, 2.75) is 26.3 Å². The van der Waals surface area contributed by atoms with Crippen LogP contribution in [0.3, 0.4) is 0 Å². The standard InChI is InChI=1S/C21H24FNO4/c1-14(2)23(12-11-20(24)27-4)21(25)18-10-7-16(13-19(18)22)15-5-8-17(26-3)9-6-15/h5-10,13-14H,11-12H2,1-4H3. The molecule has 144 valence electrons. The zero-order valence-electron chi connectivity index (χ0n) is 16.0. The summed E-state index contributed by atoms with van der Waals surface area (Å²) < 4.78 is 24.4. The molecule has 0 radical (unpaired) electrons. The zero-order chi connectivity index (χ0) is 20.0. The van der Waals surface area contributed by atoms with Gasteiger partial charge in [0, 0.05) is 12.6 Å². The van der Waals surface area contributed by atoms with Crippen LogP contribution < -0.4 is 4.74 Å². The Hall–Kier alpha value is -2.89. The van der Waals surface area contributed by atoms with Gasteiger partial charge in [0.1, 0.15) is 11.6 Å². The van der Waals surface area contributed by atoms with Crippen molar-refractivity contribution in [3.05, 3.63) is 53.8 Å². The molecular weight excluding hydrogens is 349 g/mol. The second kappa shape index (κ2) is 9.16. The Labute approximate surface area is 158 Å². The van der Waals surface area contributed by atoms with Gasteiger partial charge in [-0.2, -0.15) is 0 Å². The van der Waals surface area contributed by atoms with Gasteiger partial charge in [-0.1, -0.05) is 18.2 Å². The number of carbonyl (C=O) groups is 2. The van der Waals surface area contributed by atoms with Crippen molar-refractivity contribution in [1.29, 1.82) is 0 Å². The highest BCUT2D eigenvalue weighted by Gasteiger charge is 2.23. The molecule has 0 atom stereocenters. The Kier molecular flexibility index (Phi) is 6.93. The van der Waals surface area contributed by atoms with Crippen molar-refractivity contribution in [1.82, 2.24) is 4.90 Å². The van der Waals surface area contributed by atoms with E-state index in [1.54, 1.807) is 25.3 Å². The van der Waals surface area contributed by atoms with Gasteiger partial charge < -0.3 is 14.4 Å². The summed E-state index contributed by atoms with van der Waals surface area (Å²) in [5.41, 5.74) is 1.46. The van der Waals surface area contributed by atoms with Gasteiger partial charge in [0.2, 0.25) is 0 Å². The van der Waals surface area contributed by atoms with E-state index < -0.39 is 17.7 Å². The molecule has 0 aliphatic carbocycles. The van der Waals surface area contributed by atoms with Gasteiger partial charge >= 0.3 is 5.97 Å². The minimum absolute atomic E-state index is 0.0224. The van der Waals surface area contributed by atoms with Crippen molar-refractivity contribution in [2.24, 2.45) is 0 Å². The smallest absolute Gasteiger partial charge is 0.307 e. The minimum Gasteiger partial charge on any atom is -0.497 e. The first-order valence-corrected chi connectivity index (χ1v) is 8.69. The van der Waals surface area contributed by atoms with Gasteiger partial charge in [-0.25, -0.2) is 4.39 Å². The lowest BCUT2D eigenvalue weighted by Gasteiger charge is -2.26. The van der Waals surface area contributed by atoms with Gasteiger partial charge in [0.25, 0.3) is 5.91 Å². The lowest BCUT2D eigenvalue weighted by molar-refractivity contribution is -0.140. The van der Waals surface area contributed by atoms with Crippen molar-refractivity contribution in [3.8, 4) is 16.9 Å². The summed E-state index contributed by atoms with van der Waals surface area (Å²) in [5.74, 6) is -0.752. The molecule has 27 heavy (non-hydrogen) atoms. The average Bonchev–Trinajstić information content (AvgIpc) is 2.67. The highest BCUT2D eigenvalue weighted by atomic mass is 19.1. The minimum atomic E-state index is -0.600. The normalized spacial score (nSPS) is 10.6. The third-order valence-electron chi connectivity index (χ3n) is 4.29. The Morgan fingerprint density at radius 3 is 2.19 bits per heavy atom. The van der Waals surface area contributed by atoms with E-state index in [0.29, 0.717) is 11.3 Å². The maximum atomic E-state index is 14.7. The van der Waals surface area contributed by atoms with Crippen molar-refractivity contribution in [2.75, 3.05) is 20.8 Å². The van der Waals surface area contributed by atoms with E-state index in [1.807, 2.05) is 26.0 Å². The van der Waals surface area contributed by atoms with Crippen molar-refractivity contribution < 1.29 is 23.5 Å². The SMILES string of the molecule is COC(=O)CCN(C(=O)c1ccc(-c2ccc(OC)cc2)cc1F)C(C)C. The third kappa shape index (κ3) is 5.06. The summed E-state index contributed by atoms with van der Waals surface area (Å²) in [6.45, 7) is 3.81. The predicted molar refractivity (Wildman–Crippen MR) is 101 cm³/mol. The summed E-state index contributed by atoms with van der Waals surface area (Å²) in [6, 6.07) is 11.6. The molecule has 0 aliphatic rings. The van der Waals surface area contributed by atoms with Crippen LogP contribution in [0, 0.1) is 5.82 Å². The molecule has 2 rings (SSSR count). The second-order valence-corrected chi connectivity index (χ2v) is 6.34. The number of halogens is 1. The summed E-state index contributed by atoms with van der Waals surface area (Å²) in [4.78, 5) is 25.6. The van der Waals surface area contributed by atoms with Crippen molar-refractivity contribution >= 4 is 11.9 Å². The van der Waals surface area contributed by atoms with Crippen LogP contribution in [-0.2, 0) is 9.53 Å². The van der Waals surface area contributed by atoms with Crippen LogP contribution in [0.1, 0.15) is 30.6 Å². The van der Waals surface area contributed by atoms with Gasteiger partial charge in [0.05, 0.1) is 26.2 Å². The molecule has 2 aromatic rings. The van der Waals surface area contributed by atoms with Crippen LogP contribution in [0.4, 0.5) is 4.39 Å². The Balaban J connectivity index is 2.23. The summed E-state index contributed by atoms with van der Waals surface area (Å²) in [6.07, 6.45) is 0.0615. The summed E-state index contributed by atoms with van der Waals surface area (Å²) >= 11 is 0. The van der Waals surface area contributed by atoms with Gasteiger partial charge in [0.15, 0.2) is 0 Å². The second-order valence-electron chi connectivity index (χ2n) is 6.34. The molecule has 0 bridgehead atoms. The van der Waals surface area contributed by atoms with Crippen LogP contribution in [0.15, 0.2) is 42.5 Å². The lowest BCUT2D eigenvalue weighted by atomic mass is 10.0. The lowest BCUT2D eigenvalue weighted by Crippen LogP contribution is -2.39. The highest BCUT2D eigenvalue weighted by molar-refractivity contribution is 5.95. The number of hydrogen-bond acceptors (Lipinski definition) is 4. The van der Waals surface area contributed by atoms with E-state index in [4.69, 9.17) is 4.74 Å². The van der Waals surface area contributed by atoms with E-state index in [9.17, 15) is 14.0 Å². The molecule has 0 spiro atoms. The van der Waals surface area contributed by atoms with E-state index in [0.717, 1.165) is 5.56 Å². The summed E-state index contributed by atoms with van der Waals surface area (Å²) in [5, 5.41) is 0. The molecule has 5 nitrogen and oxygen atoms in total. The molecule has 2 aromatic carbocycles. The number of rotatable bonds is 7. The Morgan fingerprint density at radius 2 is 1.67 bits per heavy atom. The Morgan fingerprint density at radius 1 is 1.04 bits per heavy atom. The molecule has 0 N–H and O–H groups in total. The number of ether oxygens (including phenoxy) is 2. The fraction of sp³-hybridized carbons (Fsp3) is 0.333. The first kappa shape index (κ1) is 20.4.